The van der Waals surface area contributed by atoms with Crippen LogP contribution in [0.1, 0.15) is 26.7 Å². The average molecular weight is 173 g/mol. The average Bonchev–Trinajstić information content (AvgIpc) is 2.00. The van der Waals surface area contributed by atoms with Crippen molar-refractivity contribution in [2.45, 2.75) is 26.7 Å². The Bertz CT molecular complexity index is 126. The normalized spacial score (nSPS) is 12.6. The maximum absolute atomic E-state index is 10.5. The summed E-state index contributed by atoms with van der Waals surface area (Å²) in [6.07, 6.45) is 2.10. The maximum Gasteiger partial charge on any atom is 0.216 e. The van der Waals surface area contributed by atoms with E-state index < -0.39 is 0 Å². The van der Waals surface area contributed by atoms with Gasteiger partial charge >= 0.3 is 0 Å². The van der Waals surface area contributed by atoms with Crippen molar-refractivity contribution >= 4 is 5.91 Å². The topological polar surface area (TPSA) is 38.3 Å². The largest absolute Gasteiger partial charge is 0.385 e. The number of carbonyl (C=O) groups excluding carboxylic acids is 1. The van der Waals surface area contributed by atoms with Gasteiger partial charge in [-0.05, 0) is 18.8 Å². The van der Waals surface area contributed by atoms with Crippen molar-refractivity contribution in [2.24, 2.45) is 5.92 Å². The summed E-state index contributed by atoms with van der Waals surface area (Å²) in [6.45, 7) is 5.29. The predicted octanol–water partition coefficient (Wildman–Crippen LogP) is 1.19. The molecule has 1 N–H and O–H groups in total. The molecule has 12 heavy (non-hydrogen) atoms. The van der Waals surface area contributed by atoms with E-state index in [1.54, 1.807) is 14.0 Å². The van der Waals surface area contributed by atoms with Crippen LogP contribution < -0.4 is 5.32 Å². The van der Waals surface area contributed by atoms with Crippen molar-refractivity contribution < 1.29 is 9.53 Å². The first-order valence-electron chi connectivity index (χ1n) is 4.40. The van der Waals surface area contributed by atoms with Gasteiger partial charge in [-0.15, -0.1) is 0 Å². The van der Waals surface area contributed by atoms with Crippen LogP contribution in [0, 0.1) is 5.92 Å². The molecule has 1 amide bonds. The molecular formula is C9H19NO2. The summed E-state index contributed by atoms with van der Waals surface area (Å²) in [5.74, 6) is 0.672. The van der Waals surface area contributed by atoms with Gasteiger partial charge in [-0.2, -0.15) is 0 Å². The smallest absolute Gasteiger partial charge is 0.216 e. The molecule has 0 aliphatic heterocycles. The molecule has 0 aromatic heterocycles. The van der Waals surface area contributed by atoms with Crippen LogP contribution in [0.3, 0.4) is 0 Å². The van der Waals surface area contributed by atoms with Crippen LogP contribution >= 0.6 is 0 Å². The SMILES string of the molecule is COCCC(C)CCNC(C)=O. The summed E-state index contributed by atoms with van der Waals surface area (Å²) < 4.78 is 4.95. The lowest BCUT2D eigenvalue weighted by atomic mass is 10.1. The molecule has 0 rings (SSSR count). The molecule has 3 nitrogen and oxygen atoms in total. The van der Waals surface area contributed by atoms with Gasteiger partial charge in [0.25, 0.3) is 0 Å². The first kappa shape index (κ1) is 11.4. The van der Waals surface area contributed by atoms with Crippen molar-refractivity contribution in [1.82, 2.24) is 5.32 Å². The van der Waals surface area contributed by atoms with Gasteiger partial charge in [-0.25, -0.2) is 0 Å². The first-order chi connectivity index (χ1) is 5.66. The minimum absolute atomic E-state index is 0.0499. The van der Waals surface area contributed by atoms with Gasteiger partial charge in [0, 0.05) is 27.2 Å². The van der Waals surface area contributed by atoms with Gasteiger partial charge in [0.2, 0.25) is 5.91 Å². The second-order valence-corrected chi connectivity index (χ2v) is 3.16. The van der Waals surface area contributed by atoms with Crippen LogP contribution in [0.4, 0.5) is 0 Å². The van der Waals surface area contributed by atoms with Gasteiger partial charge in [-0.1, -0.05) is 6.92 Å². The van der Waals surface area contributed by atoms with E-state index >= 15 is 0 Å². The third-order valence-corrected chi connectivity index (χ3v) is 1.83. The highest BCUT2D eigenvalue weighted by Gasteiger charge is 2.01. The second-order valence-electron chi connectivity index (χ2n) is 3.16. The zero-order valence-electron chi connectivity index (χ0n) is 8.22. The van der Waals surface area contributed by atoms with Gasteiger partial charge in [-0.3, -0.25) is 4.79 Å². The summed E-state index contributed by atoms with van der Waals surface area (Å²) >= 11 is 0. The number of carbonyl (C=O) groups is 1. The van der Waals surface area contributed by atoms with Crippen molar-refractivity contribution in [2.75, 3.05) is 20.3 Å². The molecule has 72 valence electrons. The molecule has 0 saturated heterocycles. The Morgan fingerprint density at radius 2 is 2.17 bits per heavy atom. The summed E-state index contributed by atoms with van der Waals surface area (Å²) in [6, 6.07) is 0. The third kappa shape index (κ3) is 7.54. The van der Waals surface area contributed by atoms with E-state index in [-0.39, 0.29) is 5.91 Å². The fourth-order valence-corrected chi connectivity index (χ4v) is 0.958. The highest BCUT2D eigenvalue weighted by Crippen LogP contribution is 2.05. The number of hydrogen-bond donors (Lipinski definition) is 1. The zero-order chi connectivity index (χ0) is 9.40. The summed E-state index contributed by atoms with van der Waals surface area (Å²) in [5.41, 5.74) is 0. The molecule has 0 radical (unpaired) electrons. The Morgan fingerprint density at radius 3 is 2.67 bits per heavy atom. The Labute approximate surface area is 74.5 Å². The molecule has 0 aromatic rings. The minimum Gasteiger partial charge on any atom is -0.385 e. The molecule has 0 saturated carbocycles. The Hall–Kier alpha value is -0.570. The van der Waals surface area contributed by atoms with Crippen molar-refractivity contribution in [3.05, 3.63) is 0 Å². The van der Waals surface area contributed by atoms with Crippen LogP contribution in [0.2, 0.25) is 0 Å². The van der Waals surface area contributed by atoms with Crippen molar-refractivity contribution in [3.8, 4) is 0 Å². The van der Waals surface area contributed by atoms with Crippen LogP contribution in [0.15, 0.2) is 0 Å². The zero-order valence-corrected chi connectivity index (χ0v) is 8.22. The Kier molecular flexibility index (Phi) is 6.76. The summed E-state index contributed by atoms with van der Waals surface area (Å²) in [5, 5.41) is 2.77. The summed E-state index contributed by atoms with van der Waals surface area (Å²) in [7, 11) is 1.71. The van der Waals surface area contributed by atoms with Crippen molar-refractivity contribution in [1.29, 1.82) is 0 Å². The molecular weight excluding hydrogens is 154 g/mol. The van der Waals surface area contributed by atoms with Gasteiger partial charge < -0.3 is 10.1 Å². The van der Waals surface area contributed by atoms with E-state index in [0.29, 0.717) is 5.92 Å². The second kappa shape index (κ2) is 7.10. The fourth-order valence-electron chi connectivity index (χ4n) is 0.958. The number of methoxy groups -OCH3 is 1. The van der Waals surface area contributed by atoms with Gasteiger partial charge in [0.1, 0.15) is 0 Å². The monoisotopic (exact) mass is 173 g/mol. The quantitative estimate of drug-likeness (QED) is 0.655. The molecule has 0 aliphatic carbocycles. The molecule has 0 spiro atoms. The summed E-state index contributed by atoms with van der Waals surface area (Å²) in [4.78, 5) is 10.5. The van der Waals surface area contributed by atoms with E-state index in [9.17, 15) is 4.79 Å². The Morgan fingerprint density at radius 1 is 1.50 bits per heavy atom. The number of nitrogens with one attached hydrogen (secondary N) is 1. The lowest BCUT2D eigenvalue weighted by Gasteiger charge is -2.10. The van der Waals surface area contributed by atoms with E-state index in [1.165, 1.54) is 0 Å². The van der Waals surface area contributed by atoms with Crippen LogP contribution in [0.5, 0.6) is 0 Å². The number of amides is 1. The molecule has 1 atom stereocenters. The lowest BCUT2D eigenvalue weighted by molar-refractivity contribution is -0.118. The standard InChI is InChI=1S/C9H19NO2/c1-8(5-7-12-3)4-6-10-9(2)11/h8H,4-7H2,1-3H3,(H,10,11). The van der Waals surface area contributed by atoms with E-state index in [4.69, 9.17) is 4.74 Å². The van der Waals surface area contributed by atoms with Gasteiger partial charge in [0.05, 0.1) is 0 Å². The number of rotatable bonds is 6. The van der Waals surface area contributed by atoms with Crippen molar-refractivity contribution in [3.63, 3.8) is 0 Å². The van der Waals surface area contributed by atoms with E-state index in [0.717, 1.165) is 26.0 Å². The molecule has 0 fully saturated rings. The maximum atomic E-state index is 10.5. The number of ether oxygens (including phenoxy) is 1. The molecule has 0 aromatic carbocycles. The third-order valence-electron chi connectivity index (χ3n) is 1.83. The van der Waals surface area contributed by atoms with Crippen LogP contribution in [0.25, 0.3) is 0 Å². The molecule has 3 heteroatoms. The van der Waals surface area contributed by atoms with Crippen LogP contribution in [-0.2, 0) is 9.53 Å². The van der Waals surface area contributed by atoms with Gasteiger partial charge in [0.15, 0.2) is 0 Å². The van der Waals surface area contributed by atoms with E-state index in [1.807, 2.05) is 0 Å². The molecule has 0 bridgehead atoms. The highest BCUT2D eigenvalue weighted by molar-refractivity contribution is 5.72. The van der Waals surface area contributed by atoms with Crippen LogP contribution in [-0.4, -0.2) is 26.2 Å². The lowest BCUT2D eigenvalue weighted by Crippen LogP contribution is -2.22. The predicted molar refractivity (Wildman–Crippen MR) is 49.0 cm³/mol. The van der Waals surface area contributed by atoms with E-state index in [2.05, 4.69) is 12.2 Å². The molecule has 1 unspecified atom stereocenters. The Balaban J connectivity index is 3.19. The minimum atomic E-state index is 0.0499. The number of hydrogen-bond acceptors (Lipinski definition) is 2. The molecule has 0 aliphatic rings. The fraction of sp³-hybridized carbons (Fsp3) is 0.889. The highest BCUT2D eigenvalue weighted by atomic mass is 16.5. The molecule has 0 heterocycles. The first-order valence-corrected chi connectivity index (χ1v) is 4.40.